The van der Waals surface area contributed by atoms with Crippen LogP contribution in [-0.2, 0) is 11.3 Å². The van der Waals surface area contributed by atoms with Crippen LogP contribution in [0.2, 0.25) is 0 Å². The highest BCUT2D eigenvalue weighted by Gasteiger charge is 2.25. The standard InChI is InChI=1S/C14H21F2N3O3/c1-8(2)7-19-12(13(15)16)10(6-18-19)14(22)17-5-9(3)4-11(20)21/h6,8-9,13H,4-5,7H2,1-3H3,(H,17,22)(H,20,21). The molecule has 0 saturated carbocycles. The Balaban J connectivity index is 2.80. The van der Waals surface area contributed by atoms with Crippen LogP contribution in [0.1, 0.15) is 49.7 Å². The van der Waals surface area contributed by atoms with E-state index in [0.29, 0.717) is 6.54 Å². The zero-order chi connectivity index (χ0) is 16.9. The summed E-state index contributed by atoms with van der Waals surface area (Å²) in [4.78, 5) is 22.6. The van der Waals surface area contributed by atoms with E-state index in [0.717, 1.165) is 10.9 Å². The molecular weight excluding hydrogens is 296 g/mol. The molecule has 0 saturated heterocycles. The predicted octanol–water partition coefficient (Wildman–Crippen LogP) is 2.32. The molecule has 8 heteroatoms. The minimum atomic E-state index is -2.81. The average Bonchev–Trinajstić information content (AvgIpc) is 2.78. The number of nitrogens with zero attached hydrogens (tertiary/aromatic N) is 2. The smallest absolute Gasteiger partial charge is 0.303 e. The number of nitrogens with one attached hydrogen (secondary N) is 1. The summed E-state index contributed by atoms with van der Waals surface area (Å²) < 4.78 is 27.5. The van der Waals surface area contributed by atoms with Crippen molar-refractivity contribution in [1.82, 2.24) is 15.1 Å². The third kappa shape index (κ3) is 5.09. The number of alkyl halides is 2. The van der Waals surface area contributed by atoms with Crippen molar-refractivity contribution in [2.75, 3.05) is 6.54 Å². The molecule has 1 aromatic rings. The highest BCUT2D eigenvalue weighted by molar-refractivity contribution is 5.95. The van der Waals surface area contributed by atoms with Gasteiger partial charge in [-0.25, -0.2) is 8.78 Å². The predicted molar refractivity (Wildman–Crippen MR) is 75.8 cm³/mol. The summed E-state index contributed by atoms with van der Waals surface area (Å²) in [6.45, 7) is 5.78. The molecule has 124 valence electrons. The van der Waals surface area contributed by atoms with E-state index >= 15 is 0 Å². The second kappa shape index (κ2) is 7.86. The zero-order valence-electron chi connectivity index (χ0n) is 12.8. The molecule has 2 N–H and O–H groups in total. The van der Waals surface area contributed by atoms with E-state index in [2.05, 4.69) is 10.4 Å². The second-order valence-corrected chi connectivity index (χ2v) is 5.73. The van der Waals surface area contributed by atoms with Gasteiger partial charge >= 0.3 is 5.97 Å². The molecule has 0 aromatic carbocycles. The van der Waals surface area contributed by atoms with Crippen molar-refractivity contribution in [3.63, 3.8) is 0 Å². The number of aromatic nitrogens is 2. The fraction of sp³-hybridized carbons (Fsp3) is 0.643. The quantitative estimate of drug-likeness (QED) is 0.770. The summed E-state index contributed by atoms with van der Waals surface area (Å²) in [5.41, 5.74) is -0.574. The van der Waals surface area contributed by atoms with Gasteiger partial charge in [0.1, 0.15) is 5.69 Å². The Bertz CT molecular complexity index is 529. The molecule has 1 amide bonds. The third-order valence-electron chi connectivity index (χ3n) is 3.00. The first-order valence-corrected chi connectivity index (χ1v) is 7.06. The van der Waals surface area contributed by atoms with Crippen LogP contribution >= 0.6 is 0 Å². The lowest BCUT2D eigenvalue weighted by molar-refractivity contribution is -0.137. The van der Waals surface area contributed by atoms with Gasteiger partial charge in [-0.15, -0.1) is 0 Å². The van der Waals surface area contributed by atoms with Crippen molar-refractivity contribution in [1.29, 1.82) is 0 Å². The van der Waals surface area contributed by atoms with Crippen LogP contribution in [0.5, 0.6) is 0 Å². The molecule has 1 unspecified atom stereocenters. The molecule has 0 aliphatic carbocycles. The zero-order valence-corrected chi connectivity index (χ0v) is 12.8. The number of carboxylic acid groups (broad SMARTS) is 1. The van der Waals surface area contributed by atoms with E-state index in [9.17, 15) is 18.4 Å². The first-order chi connectivity index (χ1) is 10.2. The molecule has 6 nitrogen and oxygen atoms in total. The molecular formula is C14H21F2N3O3. The molecule has 1 rings (SSSR count). The molecule has 0 fully saturated rings. The molecule has 0 aliphatic rings. The number of rotatable bonds is 8. The van der Waals surface area contributed by atoms with Crippen LogP contribution in [0.4, 0.5) is 8.78 Å². The number of aliphatic carboxylic acids is 1. The number of halogens is 2. The van der Waals surface area contributed by atoms with Gasteiger partial charge in [-0.05, 0) is 11.8 Å². The summed E-state index contributed by atoms with van der Waals surface area (Å²) >= 11 is 0. The molecule has 0 bridgehead atoms. The topological polar surface area (TPSA) is 84.2 Å². The number of carboxylic acids is 1. The van der Waals surface area contributed by atoms with Gasteiger partial charge in [0.15, 0.2) is 0 Å². The van der Waals surface area contributed by atoms with Crippen molar-refractivity contribution in [2.24, 2.45) is 11.8 Å². The summed E-state index contributed by atoms with van der Waals surface area (Å²) in [6, 6.07) is 0. The lowest BCUT2D eigenvalue weighted by Crippen LogP contribution is -2.30. The Hall–Kier alpha value is -1.99. The fourth-order valence-electron chi connectivity index (χ4n) is 2.02. The number of carbonyl (C=O) groups is 2. The maximum atomic E-state index is 13.2. The number of amides is 1. The number of hydrogen-bond donors (Lipinski definition) is 2. The van der Waals surface area contributed by atoms with Crippen molar-refractivity contribution >= 4 is 11.9 Å². The van der Waals surface area contributed by atoms with Gasteiger partial charge in [0.2, 0.25) is 0 Å². The van der Waals surface area contributed by atoms with Gasteiger partial charge in [-0.2, -0.15) is 5.10 Å². The Morgan fingerprint density at radius 3 is 2.50 bits per heavy atom. The van der Waals surface area contributed by atoms with Gasteiger partial charge in [0.05, 0.1) is 11.8 Å². The molecule has 0 radical (unpaired) electrons. The highest BCUT2D eigenvalue weighted by Crippen LogP contribution is 2.23. The Morgan fingerprint density at radius 2 is 2.00 bits per heavy atom. The van der Waals surface area contributed by atoms with Crippen LogP contribution in [0.3, 0.4) is 0 Å². The monoisotopic (exact) mass is 317 g/mol. The fourth-order valence-corrected chi connectivity index (χ4v) is 2.02. The lowest BCUT2D eigenvalue weighted by Gasteiger charge is -2.12. The molecule has 22 heavy (non-hydrogen) atoms. The summed E-state index contributed by atoms with van der Waals surface area (Å²) in [5, 5.41) is 15.0. The van der Waals surface area contributed by atoms with E-state index in [1.807, 2.05) is 13.8 Å². The van der Waals surface area contributed by atoms with Crippen molar-refractivity contribution < 1.29 is 23.5 Å². The van der Waals surface area contributed by atoms with Crippen LogP contribution in [0.25, 0.3) is 0 Å². The summed E-state index contributed by atoms with van der Waals surface area (Å²) in [5.74, 6) is -1.81. The largest absolute Gasteiger partial charge is 0.481 e. The van der Waals surface area contributed by atoms with Crippen LogP contribution in [-0.4, -0.2) is 33.3 Å². The van der Waals surface area contributed by atoms with E-state index in [-0.39, 0.29) is 30.4 Å². The molecule has 0 spiro atoms. The van der Waals surface area contributed by atoms with Crippen LogP contribution in [0, 0.1) is 11.8 Å². The van der Waals surface area contributed by atoms with Gasteiger partial charge < -0.3 is 10.4 Å². The maximum absolute atomic E-state index is 13.2. The first kappa shape index (κ1) is 18.1. The Kier molecular flexibility index (Phi) is 6.45. The molecule has 1 heterocycles. The average molecular weight is 317 g/mol. The molecule has 1 atom stereocenters. The minimum Gasteiger partial charge on any atom is -0.481 e. The van der Waals surface area contributed by atoms with E-state index in [1.165, 1.54) is 0 Å². The highest BCUT2D eigenvalue weighted by atomic mass is 19.3. The summed E-state index contributed by atoms with van der Waals surface area (Å²) in [6.07, 6.45) is -1.78. The second-order valence-electron chi connectivity index (χ2n) is 5.73. The van der Waals surface area contributed by atoms with E-state index in [1.54, 1.807) is 6.92 Å². The van der Waals surface area contributed by atoms with Crippen molar-refractivity contribution in [3.8, 4) is 0 Å². The SMILES string of the molecule is CC(C)Cn1ncc(C(=O)NCC(C)CC(=O)O)c1C(F)F. The number of hydrogen-bond acceptors (Lipinski definition) is 3. The summed E-state index contributed by atoms with van der Waals surface area (Å²) in [7, 11) is 0. The Morgan fingerprint density at radius 1 is 1.36 bits per heavy atom. The lowest BCUT2D eigenvalue weighted by atomic mass is 10.1. The molecule has 0 aliphatic heterocycles. The van der Waals surface area contributed by atoms with E-state index in [4.69, 9.17) is 5.11 Å². The van der Waals surface area contributed by atoms with E-state index < -0.39 is 24.0 Å². The minimum absolute atomic E-state index is 0.100. The number of carbonyl (C=O) groups excluding carboxylic acids is 1. The van der Waals surface area contributed by atoms with Crippen molar-refractivity contribution in [3.05, 3.63) is 17.5 Å². The van der Waals surface area contributed by atoms with Gasteiger partial charge in [0.25, 0.3) is 12.3 Å². The Labute approximate surface area is 127 Å². The maximum Gasteiger partial charge on any atom is 0.303 e. The van der Waals surface area contributed by atoms with Gasteiger partial charge in [-0.1, -0.05) is 20.8 Å². The van der Waals surface area contributed by atoms with Gasteiger partial charge in [-0.3, -0.25) is 14.3 Å². The van der Waals surface area contributed by atoms with Crippen molar-refractivity contribution in [2.45, 2.75) is 40.2 Å². The van der Waals surface area contributed by atoms with Gasteiger partial charge in [0, 0.05) is 19.5 Å². The third-order valence-corrected chi connectivity index (χ3v) is 3.00. The van der Waals surface area contributed by atoms with Crippen LogP contribution < -0.4 is 5.32 Å². The molecule has 1 aromatic heterocycles. The first-order valence-electron chi connectivity index (χ1n) is 7.06. The normalized spacial score (nSPS) is 12.7. The van der Waals surface area contributed by atoms with Crippen LogP contribution in [0.15, 0.2) is 6.20 Å².